The number of ether oxygens (including phenoxy) is 2. The van der Waals surface area contributed by atoms with Gasteiger partial charge in [-0.2, -0.15) is 5.10 Å². The van der Waals surface area contributed by atoms with Crippen LogP contribution < -0.4 is 10.1 Å². The number of carbonyl (C=O) groups is 1. The SMILES string of the molecule is Cc1nn(C)c(C)c1CCC(=O)Nc1cc(Cl)ccc1OCC1CCCO1. The van der Waals surface area contributed by atoms with E-state index in [1.807, 2.05) is 25.6 Å². The second kappa shape index (κ2) is 8.76. The van der Waals surface area contributed by atoms with E-state index in [9.17, 15) is 4.79 Å². The molecule has 1 atom stereocenters. The number of hydrogen-bond acceptors (Lipinski definition) is 4. The molecule has 0 bridgehead atoms. The molecule has 146 valence electrons. The van der Waals surface area contributed by atoms with Gasteiger partial charge in [-0.25, -0.2) is 0 Å². The highest BCUT2D eigenvalue weighted by Gasteiger charge is 2.18. The topological polar surface area (TPSA) is 65.4 Å². The van der Waals surface area contributed by atoms with Crippen LogP contribution in [0.3, 0.4) is 0 Å². The molecule has 0 radical (unpaired) electrons. The quantitative estimate of drug-likeness (QED) is 0.779. The van der Waals surface area contributed by atoms with Gasteiger partial charge >= 0.3 is 0 Å². The molecule has 1 aromatic carbocycles. The van der Waals surface area contributed by atoms with E-state index >= 15 is 0 Å². The fourth-order valence-electron chi connectivity index (χ4n) is 3.31. The molecule has 27 heavy (non-hydrogen) atoms. The van der Waals surface area contributed by atoms with Gasteiger partial charge in [0.2, 0.25) is 5.91 Å². The van der Waals surface area contributed by atoms with E-state index in [1.54, 1.807) is 18.2 Å². The van der Waals surface area contributed by atoms with Gasteiger partial charge in [0.05, 0.1) is 17.5 Å². The monoisotopic (exact) mass is 391 g/mol. The number of aromatic nitrogens is 2. The zero-order valence-electron chi connectivity index (χ0n) is 16.0. The third-order valence-corrected chi connectivity index (χ3v) is 5.16. The largest absolute Gasteiger partial charge is 0.489 e. The second-order valence-corrected chi connectivity index (χ2v) is 7.34. The normalized spacial score (nSPS) is 16.5. The van der Waals surface area contributed by atoms with Crippen LogP contribution in [0.1, 0.15) is 36.2 Å². The van der Waals surface area contributed by atoms with Crippen LogP contribution in [0.2, 0.25) is 5.02 Å². The second-order valence-electron chi connectivity index (χ2n) is 6.91. The molecule has 3 rings (SSSR count). The molecule has 1 unspecified atom stereocenters. The Morgan fingerprint density at radius 3 is 2.93 bits per heavy atom. The summed E-state index contributed by atoms with van der Waals surface area (Å²) in [4.78, 5) is 12.5. The third-order valence-electron chi connectivity index (χ3n) is 4.93. The van der Waals surface area contributed by atoms with Gasteiger partial charge in [0.1, 0.15) is 12.4 Å². The first kappa shape index (κ1) is 19.7. The lowest BCUT2D eigenvalue weighted by atomic mass is 10.1. The summed E-state index contributed by atoms with van der Waals surface area (Å²) in [6.45, 7) is 5.24. The van der Waals surface area contributed by atoms with E-state index in [-0.39, 0.29) is 12.0 Å². The average Bonchev–Trinajstić information content (AvgIpc) is 3.22. The number of nitrogens with zero attached hydrogens (tertiary/aromatic N) is 2. The standard InChI is InChI=1S/C20H26ClN3O3/c1-13-17(14(2)24(3)23-13)7-9-20(25)22-18-11-15(21)6-8-19(18)27-12-16-5-4-10-26-16/h6,8,11,16H,4-5,7,9-10,12H2,1-3H3,(H,22,25). The molecule has 1 amide bonds. The van der Waals surface area contributed by atoms with Crippen molar-refractivity contribution in [2.75, 3.05) is 18.5 Å². The number of rotatable bonds is 7. The first-order valence-corrected chi connectivity index (χ1v) is 9.64. The number of halogens is 1. The van der Waals surface area contributed by atoms with Crippen molar-refractivity contribution in [3.05, 3.63) is 40.2 Å². The Hall–Kier alpha value is -2.05. The minimum atomic E-state index is -0.0816. The summed E-state index contributed by atoms with van der Waals surface area (Å²) in [6.07, 6.45) is 3.18. The first-order chi connectivity index (χ1) is 12.9. The van der Waals surface area contributed by atoms with Gasteiger partial charge in [0, 0.05) is 30.8 Å². The number of anilines is 1. The van der Waals surface area contributed by atoms with Gasteiger partial charge in [-0.3, -0.25) is 9.48 Å². The van der Waals surface area contributed by atoms with Crippen LogP contribution in [0.15, 0.2) is 18.2 Å². The van der Waals surface area contributed by atoms with Crippen molar-refractivity contribution >= 4 is 23.2 Å². The van der Waals surface area contributed by atoms with E-state index in [1.165, 1.54) is 0 Å². The minimum Gasteiger partial charge on any atom is -0.489 e. The lowest BCUT2D eigenvalue weighted by molar-refractivity contribution is -0.116. The summed E-state index contributed by atoms with van der Waals surface area (Å²) >= 11 is 6.10. The Kier molecular flexibility index (Phi) is 6.39. The third kappa shape index (κ3) is 5.02. The Morgan fingerprint density at radius 2 is 2.26 bits per heavy atom. The van der Waals surface area contributed by atoms with Gasteiger partial charge in [-0.05, 0) is 56.9 Å². The highest BCUT2D eigenvalue weighted by atomic mass is 35.5. The van der Waals surface area contributed by atoms with Gasteiger partial charge in [0.25, 0.3) is 0 Å². The van der Waals surface area contributed by atoms with Crippen LogP contribution in [-0.4, -0.2) is 35.0 Å². The van der Waals surface area contributed by atoms with Crippen molar-refractivity contribution in [3.63, 3.8) is 0 Å². The van der Waals surface area contributed by atoms with E-state index in [4.69, 9.17) is 21.1 Å². The number of benzene rings is 1. The lowest BCUT2D eigenvalue weighted by Gasteiger charge is -2.15. The maximum absolute atomic E-state index is 12.5. The molecule has 2 heterocycles. The molecule has 2 aromatic rings. The number of amides is 1. The Labute approximate surface area is 164 Å². The summed E-state index contributed by atoms with van der Waals surface area (Å²) in [5.41, 5.74) is 3.76. The van der Waals surface area contributed by atoms with Gasteiger partial charge < -0.3 is 14.8 Å². The van der Waals surface area contributed by atoms with Crippen LogP contribution in [0.25, 0.3) is 0 Å². The Morgan fingerprint density at radius 1 is 1.44 bits per heavy atom. The van der Waals surface area contributed by atoms with Crippen LogP contribution >= 0.6 is 11.6 Å². The van der Waals surface area contributed by atoms with Gasteiger partial charge in [0.15, 0.2) is 0 Å². The fourth-order valence-corrected chi connectivity index (χ4v) is 3.49. The van der Waals surface area contributed by atoms with Crippen LogP contribution in [0.4, 0.5) is 5.69 Å². The number of carbonyl (C=O) groups excluding carboxylic acids is 1. The van der Waals surface area contributed by atoms with Gasteiger partial charge in [-0.15, -0.1) is 0 Å². The zero-order valence-corrected chi connectivity index (χ0v) is 16.8. The minimum absolute atomic E-state index is 0.0816. The molecule has 1 aliphatic rings. The van der Waals surface area contributed by atoms with Crippen LogP contribution in [0.5, 0.6) is 5.75 Å². The molecule has 7 heteroatoms. The fraction of sp³-hybridized carbons (Fsp3) is 0.500. The maximum Gasteiger partial charge on any atom is 0.224 e. The van der Waals surface area contributed by atoms with Crippen molar-refractivity contribution in [3.8, 4) is 5.75 Å². The summed E-state index contributed by atoms with van der Waals surface area (Å²) in [5.74, 6) is 0.527. The smallest absolute Gasteiger partial charge is 0.224 e. The molecule has 0 aliphatic carbocycles. The van der Waals surface area contributed by atoms with Crippen molar-refractivity contribution in [2.45, 2.75) is 45.6 Å². The predicted octanol–water partition coefficient (Wildman–Crippen LogP) is 3.82. The van der Waals surface area contributed by atoms with Crippen LogP contribution in [0, 0.1) is 13.8 Å². The average molecular weight is 392 g/mol. The molecule has 0 spiro atoms. The zero-order chi connectivity index (χ0) is 19.4. The summed E-state index contributed by atoms with van der Waals surface area (Å²) in [6, 6.07) is 5.25. The van der Waals surface area contributed by atoms with E-state index in [0.717, 1.165) is 36.4 Å². The Balaban J connectivity index is 1.61. The molecular weight excluding hydrogens is 366 g/mol. The molecule has 6 nitrogen and oxygen atoms in total. The summed E-state index contributed by atoms with van der Waals surface area (Å²) in [5, 5.41) is 7.87. The Bertz CT molecular complexity index is 813. The first-order valence-electron chi connectivity index (χ1n) is 9.27. The molecule has 1 aromatic heterocycles. The summed E-state index contributed by atoms with van der Waals surface area (Å²) in [7, 11) is 1.91. The molecule has 1 N–H and O–H groups in total. The molecule has 1 saturated heterocycles. The predicted molar refractivity (Wildman–Crippen MR) is 106 cm³/mol. The van der Waals surface area contributed by atoms with Crippen molar-refractivity contribution in [1.29, 1.82) is 0 Å². The molecular formula is C20H26ClN3O3. The molecule has 1 fully saturated rings. The highest BCUT2D eigenvalue weighted by molar-refractivity contribution is 6.31. The van der Waals surface area contributed by atoms with Crippen molar-refractivity contribution in [1.82, 2.24) is 9.78 Å². The maximum atomic E-state index is 12.5. The number of hydrogen-bond donors (Lipinski definition) is 1. The van der Waals surface area contributed by atoms with Crippen molar-refractivity contribution < 1.29 is 14.3 Å². The van der Waals surface area contributed by atoms with E-state index < -0.39 is 0 Å². The van der Waals surface area contributed by atoms with Crippen molar-refractivity contribution in [2.24, 2.45) is 7.05 Å². The number of aryl methyl sites for hydroxylation is 2. The van der Waals surface area contributed by atoms with E-state index in [0.29, 0.717) is 35.9 Å². The van der Waals surface area contributed by atoms with E-state index in [2.05, 4.69) is 10.4 Å². The summed E-state index contributed by atoms with van der Waals surface area (Å²) < 4.78 is 13.3. The number of nitrogens with one attached hydrogen (secondary N) is 1. The highest BCUT2D eigenvalue weighted by Crippen LogP contribution is 2.29. The lowest BCUT2D eigenvalue weighted by Crippen LogP contribution is -2.18. The molecule has 1 aliphatic heterocycles. The van der Waals surface area contributed by atoms with Gasteiger partial charge in [-0.1, -0.05) is 11.6 Å². The van der Waals surface area contributed by atoms with Crippen LogP contribution in [-0.2, 0) is 23.0 Å². The molecule has 0 saturated carbocycles.